The molecule has 1 aromatic rings. The van der Waals surface area contributed by atoms with Gasteiger partial charge in [-0.15, -0.1) is 0 Å². The van der Waals surface area contributed by atoms with Crippen LogP contribution in [0.15, 0.2) is 6.07 Å². The number of aromatic nitrogens is 2. The van der Waals surface area contributed by atoms with Gasteiger partial charge in [0.15, 0.2) is 0 Å². The minimum absolute atomic E-state index is 0.0524. The Kier molecular flexibility index (Phi) is 6.11. The molecule has 1 N–H and O–H groups in total. The Morgan fingerprint density at radius 3 is 2.38 bits per heavy atom. The molecule has 2 heterocycles. The Morgan fingerprint density at radius 2 is 1.79 bits per heavy atom. The van der Waals surface area contributed by atoms with E-state index < -0.39 is 0 Å². The molecule has 0 radical (unpaired) electrons. The van der Waals surface area contributed by atoms with Crippen molar-refractivity contribution in [2.75, 3.05) is 38.0 Å². The minimum atomic E-state index is -0.101. The van der Waals surface area contributed by atoms with Crippen LogP contribution in [0.25, 0.3) is 0 Å². The number of hydrogen-bond acceptors (Lipinski definition) is 5. The highest BCUT2D eigenvalue weighted by atomic mass is 16.2. The van der Waals surface area contributed by atoms with Gasteiger partial charge >= 0.3 is 0 Å². The number of anilines is 1. The Morgan fingerprint density at radius 1 is 1.17 bits per heavy atom. The second-order valence-corrected chi connectivity index (χ2v) is 6.63. The first-order valence-electron chi connectivity index (χ1n) is 8.51. The molecule has 1 saturated heterocycles. The molecular formula is C17H27N5O2. The summed E-state index contributed by atoms with van der Waals surface area (Å²) in [6, 6.07) is 1.72. The summed E-state index contributed by atoms with van der Waals surface area (Å²) in [6.45, 7) is 10.7. The summed E-state index contributed by atoms with van der Waals surface area (Å²) in [5, 5.41) is 3.19. The lowest BCUT2D eigenvalue weighted by Crippen LogP contribution is -2.50. The van der Waals surface area contributed by atoms with Crippen molar-refractivity contribution in [2.24, 2.45) is 5.92 Å². The number of hydrogen-bond donors (Lipinski definition) is 1. The van der Waals surface area contributed by atoms with Gasteiger partial charge in [-0.1, -0.05) is 13.8 Å². The molecular weight excluding hydrogens is 306 g/mol. The summed E-state index contributed by atoms with van der Waals surface area (Å²) in [5.41, 5.74) is 1.17. The van der Waals surface area contributed by atoms with E-state index in [0.717, 1.165) is 18.7 Å². The molecule has 0 atom stereocenters. The van der Waals surface area contributed by atoms with Crippen LogP contribution in [0.1, 0.15) is 43.4 Å². The molecule has 132 valence electrons. The average Bonchev–Trinajstić information content (AvgIpc) is 2.53. The fourth-order valence-corrected chi connectivity index (χ4v) is 2.62. The second kappa shape index (κ2) is 8.08. The van der Waals surface area contributed by atoms with Gasteiger partial charge < -0.3 is 15.1 Å². The van der Waals surface area contributed by atoms with Crippen molar-refractivity contribution < 1.29 is 9.59 Å². The van der Waals surface area contributed by atoms with E-state index in [2.05, 4.69) is 29.1 Å². The number of carbonyl (C=O) groups is 2. The standard InChI is InChI=1S/C17H27N5O2/c1-12(2)5-6-18-17-19-13(3)11-15(20-17)16(24)22-9-7-21(8-10-22)14(4)23/h11-12H,5-10H2,1-4H3,(H,18,19,20). The van der Waals surface area contributed by atoms with E-state index >= 15 is 0 Å². The van der Waals surface area contributed by atoms with Gasteiger partial charge in [0, 0.05) is 45.3 Å². The van der Waals surface area contributed by atoms with Crippen LogP contribution in [0.4, 0.5) is 5.95 Å². The topological polar surface area (TPSA) is 78.4 Å². The summed E-state index contributed by atoms with van der Waals surface area (Å²) in [7, 11) is 0. The molecule has 0 spiro atoms. The predicted octanol–water partition coefficient (Wildman–Crippen LogP) is 1.55. The first-order chi connectivity index (χ1) is 11.4. The van der Waals surface area contributed by atoms with E-state index in [0.29, 0.717) is 43.7 Å². The first-order valence-corrected chi connectivity index (χ1v) is 8.51. The molecule has 7 nitrogen and oxygen atoms in total. The largest absolute Gasteiger partial charge is 0.354 e. The molecule has 1 aliphatic rings. The van der Waals surface area contributed by atoms with E-state index in [1.54, 1.807) is 22.8 Å². The Bertz CT molecular complexity index is 595. The van der Waals surface area contributed by atoms with Gasteiger partial charge in [-0.25, -0.2) is 9.97 Å². The Balaban J connectivity index is 2.01. The molecule has 1 fully saturated rings. The van der Waals surface area contributed by atoms with Crippen LogP contribution in [0, 0.1) is 12.8 Å². The second-order valence-electron chi connectivity index (χ2n) is 6.63. The fraction of sp³-hybridized carbons (Fsp3) is 0.647. The van der Waals surface area contributed by atoms with Crippen LogP contribution >= 0.6 is 0 Å². The van der Waals surface area contributed by atoms with E-state index in [9.17, 15) is 9.59 Å². The van der Waals surface area contributed by atoms with E-state index in [4.69, 9.17) is 0 Å². The third-order valence-electron chi connectivity index (χ3n) is 4.09. The molecule has 1 aliphatic heterocycles. The maximum Gasteiger partial charge on any atom is 0.272 e. The molecule has 0 aromatic carbocycles. The molecule has 2 amide bonds. The molecule has 7 heteroatoms. The third kappa shape index (κ3) is 4.91. The number of nitrogens with zero attached hydrogens (tertiary/aromatic N) is 4. The zero-order chi connectivity index (χ0) is 17.7. The van der Waals surface area contributed by atoms with Gasteiger partial charge in [0.1, 0.15) is 5.69 Å². The SMILES string of the molecule is CC(=O)N1CCN(C(=O)c2cc(C)nc(NCCC(C)C)n2)CC1. The van der Waals surface area contributed by atoms with Crippen LogP contribution in [0.5, 0.6) is 0 Å². The highest BCUT2D eigenvalue weighted by molar-refractivity contribution is 5.92. The van der Waals surface area contributed by atoms with Gasteiger partial charge in [0.25, 0.3) is 5.91 Å². The zero-order valence-electron chi connectivity index (χ0n) is 15.0. The number of rotatable bonds is 5. The van der Waals surface area contributed by atoms with Crippen molar-refractivity contribution in [2.45, 2.75) is 34.1 Å². The minimum Gasteiger partial charge on any atom is -0.354 e. The van der Waals surface area contributed by atoms with E-state index in [-0.39, 0.29) is 11.8 Å². The molecule has 0 saturated carbocycles. The lowest BCUT2D eigenvalue weighted by atomic mass is 10.1. The maximum absolute atomic E-state index is 12.7. The lowest BCUT2D eigenvalue weighted by Gasteiger charge is -2.34. The monoisotopic (exact) mass is 333 g/mol. The molecule has 0 unspecified atom stereocenters. The highest BCUT2D eigenvalue weighted by Crippen LogP contribution is 2.11. The maximum atomic E-state index is 12.7. The Hall–Kier alpha value is -2.18. The van der Waals surface area contributed by atoms with Crippen molar-refractivity contribution in [3.05, 3.63) is 17.5 Å². The molecule has 1 aromatic heterocycles. The van der Waals surface area contributed by atoms with Gasteiger partial charge in [-0.2, -0.15) is 0 Å². The molecule has 24 heavy (non-hydrogen) atoms. The van der Waals surface area contributed by atoms with Gasteiger partial charge in [-0.3, -0.25) is 9.59 Å². The predicted molar refractivity (Wildman–Crippen MR) is 92.9 cm³/mol. The summed E-state index contributed by atoms with van der Waals surface area (Å²) in [5.74, 6) is 1.05. The summed E-state index contributed by atoms with van der Waals surface area (Å²) >= 11 is 0. The van der Waals surface area contributed by atoms with Crippen LogP contribution in [0.2, 0.25) is 0 Å². The van der Waals surface area contributed by atoms with E-state index in [1.165, 1.54) is 0 Å². The summed E-state index contributed by atoms with van der Waals surface area (Å²) in [4.78, 5) is 36.3. The smallest absolute Gasteiger partial charge is 0.272 e. The lowest BCUT2D eigenvalue weighted by molar-refractivity contribution is -0.130. The van der Waals surface area contributed by atoms with Gasteiger partial charge in [0.2, 0.25) is 11.9 Å². The van der Waals surface area contributed by atoms with E-state index in [1.807, 2.05) is 6.92 Å². The zero-order valence-corrected chi connectivity index (χ0v) is 15.0. The van der Waals surface area contributed by atoms with Crippen LogP contribution in [0.3, 0.4) is 0 Å². The molecule has 0 bridgehead atoms. The Labute approximate surface area is 143 Å². The summed E-state index contributed by atoms with van der Waals surface area (Å²) in [6.07, 6.45) is 1.02. The van der Waals surface area contributed by atoms with Gasteiger partial charge in [0.05, 0.1) is 0 Å². The molecule has 0 aliphatic carbocycles. The van der Waals surface area contributed by atoms with Crippen LogP contribution in [-0.2, 0) is 4.79 Å². The number of amides is 2. The number of aryl methyl sites for hydroxylation is 1. The normalized spacial score (nSPS) is 14.9. The number of piperazine rings is 1. The summed E-state index contributed by atoms with van der Waals surface area (Å²) < 4.78 is 0. The third-order valence-corrected chi connectivity index (χ3v) is 4.09. The molecule has 2 rings (SSSR count). The number of nitrogens with one attached hydrogen (secondary N) is 1. The van der Waals surface area contributed by atoms with Crippen molar-refractivity contribution in [3.8, 4) is 0 Å². The highest BCUT2D eigenvalue weighted by Gasteiger charge is 2.24. The van der Waals surface area contributed by atoms with Crippen molar-refractivity contribution in [1.29, 1.82) is 0 Å². The average molecular weight is 333 g/mol. The van der Waals surface area contributed by atoms with Crippen LogP contribution in [-0.4, -0.2) is 64.3 Å². The van der Waals surface area contributed by atoms with Gasteiger partial charge in [-0.05, 0) is 25.3 Å². The van der Waals surface area contributed by atoms with Crippen LogP contribution < -0.4 is 5.32 Å². The fourth-order valence-electron chi connectivity index (χ4n) is 2.62. The first kappa shape index (κ1) is 18.2. The quantitative estimate of drug-likeness (QED) is 0.884. The van der Waals surface area contributed by atoms with Crippen molar-refractivity contribution in [3.63, 3.8) is 0 Å². The number of carbonyl (C=O) groups excluding carboxylic acids is 2. The van der Waals surface area contributed by atoms with Crippen molar-refractivity contribution >= 4 is 17.8 Å². The van der Waals surface area contributed by atoms with Crippen molar-refractivity contribution in [1.82, 2.24) is 19.8 Å².